The Balaban J connectivity index is 1.51. The topological polar surface area (TPSA) is 82.3 Å². The van der Waals surface area contributed by atoms with Gasteiger partial charge < -0.3 is 19.2 Å². The summed E-state index contributed by atoms with van der Waals surface area (Å²) in [5.74, 6) is 2.60. The number of pyridine rings is 2. The van der Waals surface area contributed by atoms with Gasteiger partial charge in [0.2, 0.25) is 11.8 Å². The Morgan fingerprint density at radius 1 is 1.04 bits per heavy atom. The molecule has 0 radical (unpaired) electrons. The predicted molar refractivity (Wildman–Crippen MR) is 102 cm³/mol. The van der Waals surface area contributed by atoms with E-state index in [0.717, 1.165) is 22.5 Å². The molecule has 27 heavy (non-hydrogen) atoms. The first kappa shape index (κ1) is 16.8. The molecule has 136 valence electrons. The van der Waals surface area contributed by atoms with Gasteiger partial charge >= 0.3 is 0 Å². The van der Waals surface area contributed by atoms with Gasteiger partial charge in [0.25, 0.3) is 0 Å². The Bertz CT molecular complexity index is 1040. The SMILES string of the molecule is CNc1ccc(-c2nc3cc(OCc4ccc(OC)nc4)ccc3o2)cn1. The lowest BCUT2D eigenvalue weighted by atomic mass is 10.3. The maximum absolute atomic E-state index is 5.84. The van der Waals surface area contributed by atoms with Crippen molar-refractivity contribution in [3.63, 3.8) is 0 Å². The van der Waals surface area contributed by atoms with E-state index in [9.17, 15) is 0 Å². The molecular formula is C20H18N4O3. The summed E-state index contributed by atoms with van der Waals surface area (Å²) >= 11 is 0. The molecule has 0 bridgehead atoms. The van der Waals surface area contributed by atoms with Crippen LogP contribution in [0.1, 0.15) is 5.56 Å². The largest absolute Gasteiger partial charge is 0.489 e. The summed E-state index contributed by atoms with van der Waals surface area (Å²) in [4.78, 5) is 13.0. The summed E-state index contributed by atoms with van der Waals surface area (Å²) in [6, 6.07) is 13.1. The second-order valence-electron chi connectivity index (χ2n) is 5.83. The minimum Gasteiger partial charge on any atom is -0.489 e. The number of nitrogens with one attached hydrogen (secondary N) is 1. The number of methoxy groups -OCH3 is 1. The minimum atomic E-state index is 0.405. The molecule has 7 heteroatoms. The van der Waals surface area contributed by atoms with Crippen molar-refractivity contribution >= 4 is 16.9 Å². The van der Waals surface area contributed by atoms with Gasteiger partial charge in [-0.05, 0) is 30.3 Å². The summed E-state index contributed by atoms with van der Waals surface area (Å²) < 4.78 is 16.7. The van der Waals surface area contributed by atoms with Gasteiger partial charge in [-0.3, -0.25) is 0 Å². The van der Waals surface area contributed by atoms with Gasteiger partial charge in [-0.15, -0.1) is 0 Å². The number of hydrogen-bond donors (Lipinski definition) is 1. The number of aromatic nitrogens is 3. The molecule has 0 spiro atoms. The number of anilines is 1. The number of ether oxygens (including phenoxy) is 2. The van der Waals surface area contributed by atoms with Crippen molar-refractivity contribution in [2.75, 3.05) is 19.5 Å². The van der Waals surface area contributed by atoms with Crippen LogP contribution in [0.4, 0.5) is 5.82 Å². The lowest BCUT2D eigenvalue weighted by molar-refractivity contribution is 0.305. The van der Waals surface area contributed by atoms with Crippen LogP contribution in [0.3, 0.4) is 0 Å². The normalized spacial score (nSPS) is 10.7. The van der Waals surface area contributed by atoms with Gasteiger partial charge in [0.15, 0.2) is 5.58 Å². The Morgan fingerprint density at radius 3 is 2.67 bits per heavy atom. The summed E-state index contributed by atoms with van der Waals surface area (Å²) in [5, 5.41) is 2.98. The monoisotopic (exact) mass is 362 g/mol. The summed E-state index contributed by atoms with van der Waals surface area (Å²) in [6.45, 7) is 0.405. The lowest BCUT2D eigenvalue weighted by Crippen LogP contribution is -1.96. The highest BCUT2D eigenvalue weighted by molar-refractivity contribution is 5.77. The minimum absolute atomic E-state index is 0.405. The van der Waals surface area contributed by atoms with Gasteiger partial charge in [0.1, 0.15) is 23.7 Å². The van der Waals surface area contributed by atoms with E-state index in [2.05, 4.69) is 20.3 Å². The van der Waals surface area contributed by atoms with Gasteiger partial charge in [-0.2, -0.15) is 0 Å². The van der Waals surface area contributed by atoms with E-state index in [1.807, 2.05) is 43.4 Å². The van der Waals surface area contributed by atoms with Crippen molar-refractivity contribution in [3.05, 3.63) is 60.4 Å². The molecule has 0 atom stereocenters. The Labute approximate surface area is 156 Å². The van der Waals surface area contributed by atoms with Gasteiger partial charge in [0.05, 0.1) is 12.7 Å². The number of nitrogens with zero attached hydrogens (tertiary/aromatic N) is 3. The van der Waals surface area contributed by atoms with Crippen molar-refractivity contribution in [2.45, 2.75) is 6.61 Å². The van der Waals surface area contributed by atoms with Crippen molar-refractivity contribution in [2.24, 2.45) is 0 Å². The zero-order valence-electron chi connectivity index (χ0n) is 15.0. The van der Waals surface area contributed by atoms with Crippen molar-refractivity contribution in [1.82, 2.24) is 15.0 Å². The van der Waals surface area contributed by atoms with Crippen LogP contribution in [0, 0.1) is 0 Å². The van der Waals surface area contributed by atoms with E-state index >= 15 is 0 Å². The van der Waals surface area contributed by atoms with Gasteiger partial charge in [-0.1, -0.05) is 0 Å². The van der Waals surface area contributed by atoms with Gasteiger partial charge in [-0.25, -0.2) is 15.0 Å². The molecule has 4 rings (SSSR count). The summed E-state index contributed by atoms with van der Waals surface area (Å²) in [7, 11) is 3.41. The Kier molecular flexibility index (Phi) is 4.57. The fourth-order valence-corrected chi connectivity index (χ4v) is 2.57. The molecule has 0 saturated carbocycles. The fourth-order valence-electron chi connectivity index (χ4n) is 2.57. The Morgan fingerprint density at radius 2 is 1.96 bits per heavy atom. The molecule has 1 N–H and O–H groups in total. The second kappa shape index (κ2) is 7.33. The number of rotatable bonds is 6. The van der Waals surface area contributed by atoms with Gasteiger partial charge in [0, 0.05) is 37.1 Å². The zero-order valence-corrected chi connectivity index (χ0v) is 15.0. The van der Waals surface area contributed by atoms with E-state index in [1.165, 1.54) is 0 Å². The van der Waals surface area contributed by atoms with Crippen molar-refractivity contribution < 1.29 is 13.9 Å². The number of fused-ring (bicyclic) bond motifs is 1. The van der Waals surface area contributed by atoms with Crippen molar-refractivity contribution in [3.8, 4) is 23.1 Å². The van der Waals surface area contributed by atoms with E-state index < -0.39 is 0 Å². The summed E-state index contributed by atoms with van der Waals surface area (Å²) in [6.07, 6.45) is 3.46. The first-order valence-corrected chi connectivity index (χ1v) is 8.41. The average molecular weight is 362 g/mol. The molecule has 0 fully saturated rings. The number of oxazole rings is 1. The lowest BCUT2D eigenvalue weighted by Gasteiger charge is -2.06. The van der Waals surface area contributed by atoms with E-state index in [0.29, 0.717) is 29.7 Å². The maximum atomic E-state index is 5.84. The third-order valence-corrected chi connectivity index (χ3v) is 4.04. The standard InChI is InChI=1S/C20H18N4O3/c1-21-18-7-4-14(11-22-18)20-24-16-9-15(5-6-17(16)27-20)26-12-13-3-8-19(25-2)23-10-13/h3-11H,12H2,1-2H3,(H,21,22). The molecule has 3 heterocycles. The van der Waals surface area contributed by atoms with Crippen LogP contribution in [-0.4, -0.2) is 29.1 Å². The third kappa shape index (κ3) is 3.67. The predicted octanol–water partition coefficient (Wildman–Crippen LogP) is 3.91. The third-order valence-electron chi connectivity index (χ3n) is 4.04. The first-order valence-electron chi connectivity index (χ1n) is 8.41. The molecule has 4 aromatic rings. The smallest absolute Gasteiger partial charge is 0.228 e. The average Bonchev–Trinajstić information content (AvgIpc) is 3.16. The molecular weight excluding hydrogens is 344 g/mol. The summed E-state index contributed by atoms with van der Waals surface area (Å²) in [5.41, 5.74) is 3.19. The van der Waals surface area contributed by atoms with E-state index in [4.69, 9.17) is 13.9 Å². The molecule has 3 aromatic heterocycles. The highest BCUT2D eigenvalue weighted by Gasteiger charge is 2.10. The second-order valence-corrected chi connectivity index (χ2v) is 5.83. The van der Waals surface area contributed by atoms with E-state index in [-0.39, 0.29) is 0 Å². The van der Waals surface area contributed by atoms with E-state index in [1.54, 1.807) is 25.6 Å². The quantitative estimate of drug-likeness (QED) is 0.557. The first-order chi connectivity index (χ1) is 13.2. The Hall–Kier alpha value is -3.61. The van der Waals surface area contributed by atoms with Crippen LogP contribution in [0.15, 0.2) is 59.3 Å². The maximum Gasteiger partial charge on any atom is 0.228 e. The number of hydrogen-bond acceptors (Lipinski definition) is 7. The van der Waals surface area contributed by atoms with Crippen LogP contribution >= 0.6 is 0 Å². The van der Waals surface area contributed by atoms with Crippen LogP contribution < -0.4 is 14.8 Å². The van der Waals surface area contributed by atoms with Crippen LogP contribution in [-0.2, 0) is 6.61 Å². The molecule has 0 amide bonds. The molecule has 0 unspecified atom stereocenters. The van der Waals surface area contributed by atoms with Crippen LogP contribution in [0.25, 0.3) is 22.6 Å². The number of benzene rings is 1. The molecule has 0 saturated heterocycles. The highest BCUT2D eigenvalue weighted by atomic mass is 16.5. The molecule has 0 aliphatic heterocycles. The fraction of sp³-hybridized carbons (Fsp3) is 0.150. The highest BCUT2D eigenvalue weighted by Crippen LogP contribution is 2.27. The molecule has 0 aliphatic carbocycles. The van der Waals surface area contributed by atoms with Crippen LogP contribution in [0.5, 0.6) is 11.6 Å². The zero-order chi connectivity index (χ0) is 18.6. The van der Waals surface area contributed by atoms with Crippen LogP contribution in [0.2, 0.25) is 0 Å². The molecule has 1 aromatic carbocycles. The van der Waals surface area contributed by atoms with Crippen molar-refractivity contribution in [1.29, 1.82) is 0 Å². The molecule has 7 nitrogen and oxygen atoms in total. The molecule has 0 aliphatic rings.